The highest BCUT2D eigenvalue weighted by atomic mass is 16.1. The number of isocyanates is 1. The number of hydrogen-bond acceptors (Lipinski definition) is 3. The molecule has 0 aliphatic carbocycles. The van der Waals surface area contributed by atoms with Crippen LogP contribution in [0.15, 0.2) is 4.99 Å². The molecular weight excluding hydrogens is 132 g/mol. The fourth-order valence-corrected chi connectivity index (χ4v) is 0.598. The van der Waals surface area contributed by atoms with Gasteiger partial charge in [-0.2, -0.15) is 4.99 Å². The number of aliphatic imine (C=N–C) groups is 1. The molecule has 1 amide bonds. The minimum Gasteiger partial charge on any atom is -0.368 e. The number of carbonyl (C=O) groups excluding carboxylic acids is 2. The molecule has 10 heavy (non-hydrogen) atoms. The van der Waals surface area contributed by atoms with Gasteiger partial charge in [0.25, 0.3) is 0 Å². The summed E-state index contributed by atoms with van der Waals surface area (Å²) < 4.78 is 0. The molecule has 1 atom stereocenters. The summed E-state index contributed by atoms with van der Waals surface area (Å²) in [6, 6.07) is -0.725. The lowest BCUT2D eigenvalue weighted by Gasteiger charge is -2.08. The Bertz CT molecular complexity index is 169. The summed E-state index contributed by atoms with van der Waals surface area (Å²) in [5.41, 5.74) is 4.91. The monoisotopic (exact) mass is 142 g/mol. The van der Waals surface area contributed by atoms with Crippen molar-refractivity contribution in [1.29, 1.82) is 0 Å². The SMILES string of the molecule is CC(C)C(N=C=O)C(N)=O. The molecule has 0 saturated carbocycles. The lowest BCUT2D eigenvalue weighted by atomic mass is 10.1. The van der Waals surface area contributed by atoms with Crippen molar-refractivity contribution < 1.29 is 9.59 Å². The van der Waals surface area contributed by atoms with E-state index in [4.69, 9.17) is 5.73 Å². The van der Waals surface area contributed by atoms with E-state index in [2.05, 4.69) is 4.99 Å². The van der Waals surface area contributed by atoms with Crippen LogP contribution < -0.4 is 5.73 Å². The first-order valence-electron chi connectivity index (χ1n) is 2.96. The van der Waals surface area contributed by atoms with Crippen LogP contribution in [-0.2, 0) is 9.59 Å². The molecule has 0 aliphatic rings. The van der Waals surface area contributed by atoms with Crippen LogP contribution in [0.4, 0.5) is 0 Å². The van der Waals surface area contributed by atoms with Gasteiger partial charge in [-0.1, -0.05) is 13.8 Å². The molecule has 0 fully saturated rings. The summed E-state index contributed by atoms with van der Waals surface area (Å²) in [6.45, 7) is 3.52. The van der Waals surface area contributed by atoms with Gasteiger partial charge in [0.15, 0.2) is 0 Å². The zero-order valence-corrected chi connectivity index (χ0v) is 6.00. The Morgan fingerprint density at radius 3 is 2.20 bits per heavy atom. The summed E-state index contributed by atoms with van der Waals surface area (Å²) in [4.78, 5) is 23.4. The largest absolute Gasteiger partial charge is 0.368 e. The van der Waals surface area contributed by atoms with Crippen molar-refractivity contribution in [1.82, 2.24) is 0 Å². The molecular formula is C6H10N2O2. The number of primary amides is 1. The summed E-state index contributed by atoms with van der Waals surface area (Å²) in [5, 5.41) is 0. The Balaban J connectivity index is 4.26. The topological polar surface area (TPSA) is 72.5 Å². The fraction of sp³-hybridized carbons (Fsp3) is 0.667. The van der Waals surface area contributed by atoms with E-state index in [0.29, 0.717) is 0 Å². The van der Waals surface area contributed by atoms with E-state index in [0.717, 1.165) is 0 Å². The molecule has 56 valence electrons. The van der Waals surface area contributed by atoms with Crippen LogP contribution in [0.3, 0.4) is 0 Å². The van der Waals surface area contributed by atoms with Crippen molar-refractivity contribution in [3.05, 3.63) is 0 Å². The smallest absolute Gasteiger partial charge is 0.243 e. The van der Waals surface area contributed by atoms with E-state index in [1.54, 1.807) is 13.8 Å². The highest BCUT2D eigenvalue weighted by Crippen LogP contribution is 2.03. The molecule has 1 unspecified atom stereocenters. The van der Waals surface area contributed by atoms with Crippen molar-refractivity contribution >= 4 is 12.0 Å². The third kappa shape index (κ3) is 2.42. The Kier molecular flexibility index (Phi) is 3.36. The van der Waals surface area contributed by atoms with Crippen LogP contribution in [0.2, 0.25) is 0 Å². The average Bonchev–Trinajstić information content (AvgIpc) is 1.81. The predicted molar refractivity (Wildman–Crippen MR) is 35.9 cm³/mol. The lowest BCUT2D eigenvalue weighted by molar-refractivity contribution is -0.120. The minimum atomic E-state index is -0.725. The van der Waals surface area contributed by atoms with Gasteiger partial charge in [0, 0.05) is 0 Å². The first kappa shape index (κ1) is 8.85. The molecule has 4 nitrogen and oxygen atoms in total. The highest BCUT2D eigenvalue weighted by Gasteiger charge is 2.17. The minimum absolute atomic E-state index is 0.0426. The molecule has 0 radical (unpaired) electrons. The molecule has 0 aromatic rings. The quantitative estimate of drug-likeness (QED) is 0.439. The Labute approximate surface area is 59.1 Å². The van der Waals surface area contributed by atoms with Gasteiger partial charge >= 0.3 is 0 Å². The second-order valence-corrected chi connectivity index (χ2v) is 2.31. The molecule has 4 heteroatoms. The van der Waals surface area contributed by atoms with Crippen LogP contribution in [0.5, 0.6) is 0 Å². The van der Waals surface area contributed by atoms with Crippen molar-refractivity contribution in [3.63, 3.8) is 0 Å². The van der Waals surface area contributed by atoms with Gasteiger partial charge < -0.3 is 5.73 Å². The number of carbonyl (C=O) groups is 1. The van der Waals surface area contributed by atoms with E-state index in [9.17, 15) is 9.59 Å². The summed E-state index contributed by atoms with van der Waals surface area (Å²) >= 11 is 0. The molecule has 0 saturated heterocycles. The number of rotatable bonds is 3. The van der Waals surface area contributed by atoms with Crippen molar-refractivity contribution in [2.24, 2.45) is 16.6 Å². The van der Waals surface area contributed by atoms with E-state index in [1.165, 1.54) is 6.08 Å². The molecule has 0 rings (SSSR count). The van der Waals surface area contributed by atoms with Crippen LogP contribution in [-0.4, -0.2) is 18.0 Å². The molecule has 0 heterocycles. The normalized spacial score (nSPS) is 12.3. The Hall–Kier alpha value is -1.15. The number of nitrogens with two attached hydrogens (primary N) is 1. The third-order valence-electron chi connectivity index (χ3n) is 1.11. The zero-order valence-electron chi connectivity index (χ0n) is 6.00. The van der Waals surface area contributed by atoms with E-state index in [-0.39, 0.29) is 5.92 Å². The molecule has 0 bridgehead atoms. The summed E-state index contributed by atoms with van der Waals surface area (Å²) in [6.07, 6.45) is 1.30. The maximum Gasteiger partial charge on any atom is 0.243 e. The van der Waals surface area contributed by atoms with Crippen molar-refractivity contribution in [2.45, 2.75) is 19.9 Å². The highest BCUT2D eigenvalue weighted by molar-refractivity contribution is 5.81. The first-order valence-corrected chi connectivity index (χ1v) is 2.96. The first-order chi connectivity index (χ1) is 4.59. The molecule has 0 aliphatic heterocycles. The van der Waals surface area contributed by atoms with Crippen LogP contribution in [0.25, 0.3) is 0 Å². The second kappa shape index (κ2) is 3.80. The summed E-state index contributed by atoms with van der Waals surface area (Å²) in [7, 11) is 0. The van der Waals surface area contributed by atoms with E-state index < -0.39 is 11.9 Å². The van der Waals surface area contributed by atoms with Gasteiger partial charge in [0.1, 0.15) is 6.04 Å². The standard InChI is InChI=1S/C6H10N2O2/c1-4(2)5(6(7)10)8-3-9/h4-5H,1-2H3,(H2,7,10). The van der Waals surface area contributed by atoms with Crippen LogP contribution in [0, 0.1) is 5.92 Å². The summed E-state index contributed by atoms with van der Waals surface area (Å²) in [5.74, 6) is -0.628. The Morgan fingerprint density at radius 2 is 2.10 bits per heavy atom. The van der Waals surface area contributed by atoms with Gasteiger partial charge in [-0.3, -0.25) is 4.79 Å². The van der Waals surface area contributed by atoms with E-state index in [1.807, 2.05) is 0 Å². The maximum absolute atomic E-state index is 10.5. The van der Waals surface area contributed by atoms with Gasteiger partial charge in [0.05, 0.1) is 0 Å². The fourth-order valence-electron chi connectivity index (χ4n) is 0.598. The van der Waals surface area contributed by atoms with Crippen molar-refractivity contribution in [2.75, 3.05) is 0 Å². The number of nitrogens with zero attached hydrogens (tertiary/aromatic N) is 1. The van der Waals surface area contributed by atoms with Crippen LogP contribution >= 0.6 is 0 Å². The Morgan fingerprint density at radius 1 is 1.60 bits per heavy atom. The van der Waals surface area contributed by atoms with Crippen LogP contribution in [0.1, 0.15) is 13.8 Å². The molecule has 0 aromatic carbocycles. The van der Waals surface area contributed by atoms with Gasteiger partial charge in [0.2, 0.25) is 12.0 Å². The number of amides is 1. The third-order valence-corrected chi connectivity index (χ3v) is 1.11. The van der Waals surface area contributed by atoms with Gasteiger partial charge in [-0.05, 0) is 5.92 Å². The zero-order chi connectivity index (χ0) is 8.15. The van der Waals surface area contributed by atoms with Gasteiger partial charge in [-0.25, -0.2) is 4.79 Å². The second-order valence-electron chi connectivity index (χ2n) is 2.31. The predicted octanol–water partition coefficient (Wildman–Crippen LogP) is -0.168. The maximum atomic E-state index is 10.5. The van der Waals surface area contributed by atoms with Gasteiger partial charge in [-0.15, -0.1) is 0 Å². The lowest BCUT2D eigenvalue weighted by Crippen LogP contribution is -2.31. The van der Waals surface area contributed by atoms with Crippen molar-refractivity contribution in [3.8, 4) is 0 Å². The van der Waals surface area contributed by atoms with E-state index >= 15 is 0 Å². The molecule has 0 spiro atoms. The number of hydrogen-bond donors (Lipinski definition) is 1. The molecule has 0 aromatic heterocycles. The molecule has 2 N–H and O–H groups in total. The average molecular weight is 142 g/mol.